The number of ether oxygens (including phenoxy) is 1. The van der Waals surface area contributed by atoms with Crippen molar-refractivity contribution in [1.82, 2.24) is 9.80 Å². The number of amides is 1. The molecule has 32 heavy (non-hydrogen) atoms. The SMILES string of the molecule is CCCN(CCC)C(=O)c1ccc(CN(Cc2ccccc2)Cc2cccc(OC)c2)o1. The van der Waals surface area contributed by atoms with Crippen LogP contribution in [0.25, 0.3) is 0 Å². The van der Waals surface area contributed by atoms with Gasteiger partial charge in [-0.15, -0.1) is 0 Å². The first-order chi connectivity index (χ1) is 15.6. The van der Waals surface area contributed by atoms with E-state index < -0.39 is 0 Å². The van der Waals surface area contributed by atoms with Crippen LogP contribution in [0.5, 0.6) is 5.75 Å². The fraction of sp³-hybridized carbons (Fsp3) is 0.370. The van der Waals surface area contributed by atoms with Gasteiger partial charge in [0.1, 0.15) is 11.5 Å². The molecule has 0 aliphatic carbocycles. The average Bonchev–Trinajstić information content (AvgIpc) is 3.27. The van der Waals surface area contributed by atoms with E-state index in [4.69, 9.17) is 9.15 Å². The van der Waals surface area contributed by atoms with Crippen molar-refractivity contribution in [2.24, 2.45) is 0 Å². The predicted molar refractivity (Wildman–Crippen MR) is 128 cm³/mol. The standard InChI is InChI=1S/C27H34N2O3/c1-4-16-29(17-5-2)27(30)26-15-14-25(32-26)21-28(19-22-10-7-6-8-11-22)20-23-12-9-13-24(18-23)31-3/h6-15,18H,4-5,16-17,19-21H2,1-3H3. The highest BCUT2D eigenvalue weighted by Gasteiger charge is 2.19. The van der Waals surface area contributed by atoms with Gasteiger partial charge < -0.3 is 14.1 Å². The van der Waals surface area contributed by atoms with Crippen LogP contribution in [0.3, 0.4) is 0 Å². The number of hydrogen-bond acceptors (Lipinski definition) is 4. The molecular formula is C27H34N2O3. The lowest BCUT2D eigenvalue weighted by Gasteiger charge is -2.22. The molecule has 0 bridgehead atoms. The third-order valence-electron chi connectivity index (χ3n) is 5.32. The summed E-state index contributed by atoms with van der Waals surface area (Å²) in [4.78, 5) is 17.1. The predicted octanol–water partition coefficient (Wildman–Crippen LogP) is 5.75. The Morgan fingerprint density at radius 3 is 2.22 bits per heavy atom. The van der Waals surface area contributed by atoms with Gasteiger partial charge >= 0.3 is 0 Å². The van der Waals surface area contributed by atoms with E-state index >= 15 is 0 Å². The molecule has 3 aromatic rings. The van der Waals surface area contributed by atoms with E-state index in [1.807, 2.05) is 35.2 Å². The fourth-order valence-corrected chi connectivity index (χ4v) is 3.85. The molecule has 0 aliphatic rings. The number of furan rings is 1. The minimum Gasteiger partial charge on any atom is -0.497 e. The molecule has 1 aromatic heterocycles. The summed E-state index contributed by atoms with van der Waals surface area (Å²) in [5.41, 5.74) is 2.40. The van der Waals surface area contributed by atoms with Gasteiger partial charge in [0.2, 0.25) is 0 Å². The lowest BCUT2D eigenvalue weighted by atomic mass is 10.1. The molecular weight excluding hydrogens is 400 g/mol. The van der Waals surface area contributed by atoms with Crippen LogP contribution in [-0.4, -0.2) is 35.9 Å². The molecule has 0 atom stereocenters. The lowest BCUT2D eigenvalue weighted by molar-refractivity contribution is 0.0719. The minimum atomic E-state index is -0.0256. The van der Waals surface area contributed by atoms with Gasteiger partial charge in [-0.3, -0.25) is 9.69 Å². The monoisotopic (exact) mass is 434 g/mol. The fourth-order valence-electron chi connectivity index (χ4n) is 3.85. The normalized spacial score (nSPS) is 11.0. The average molecular weight is 435 g/mol. The first-order valence-corrected chi connectivity index (χ1v) is 11.4. The van der Waals surface area contributed by atoms with Gasteiger partial charge in [-0.1, -0.05) is 56.3 Å². The van der Waals surface area contributed by atoms with Gasteiger partial charge in [-0.25, -0.2) is 0 Å². The van der Waals surface area contributed by atoms with Crippen molar-refractivity contribution in [2.75, 3.05) is 20.2 Å². The van der Waals surface area contributed by atoms with E-state index in [0.29, 0.717) is 12.3 Å². The van der Waals surface area contributed by atoms with Crippen LogP contribution in [0.2, 0.25) is 0 Å². The van der Waals surface area contributed by atoms with Crippen LogP contribution in [0.15, 0.2) is 71.1 Å². The van der Waals surface area contributed by atoms with Gasteiger partial charge in [0.05, 0.1) is 13.7 Å². The third-order valence-corrected chi connectivity index (χ3v) is 5.32. The number of benzene rings is 2. The van der Waals surface area contributed by atoms with E-state index in [0.717, 1.165) is 50.5 Å². The zero-order chi connectivity index (χ0) is 22.8. The Kier molecular flexibility index (Phi) is 8.93. The summed E-state index contributed by atoms with van der Waals surface area (Å²) in [6, 6.07) is 22.2. The molecule has 0 unspecified atom stereocenters. The van der Waals surface area contributed by atoms with Crippen molar-refractivity contribution >= 4 is 5.91 Å². The largest absolute Gasteiger partial charge is 0.497 e. The number of carbonyl (C=O) groups excluding carboxylic acids is 1. The van der Waals surface area contributed by atoms with Crippen LogP contribution in [-0.2, 0) is 19.6 Å². The molecule has 0 spiro atoms. The van der Waals surface area contributed by atoms with Gasteiger partial charge in [0.15, 0.2) is 5.76 Å². The topological polar surface area (TPSA) is 45.9 Å². The Labute approximate surface area is 191 Å². The minimum absolute atomic E-state index is 0.0256. The molecule has 170 valence electrons. The van der Waals surface area contributed by atoms with Gasteiger partial charge in [-0.05, 0) is 48.2 Å². The van der Waals surface area contributed by atoms with E-state index in [9.17, 15) is 4.79 Å². The van der Waals surface area contributed by atoms with Gasteiger partial charge in [0.25, 0.3) is 5.91 Å². The van der Waals surface area contributed by atoms with Crippen molar-refractivity contribution in [3.05, 3.63) is 89.4 Å². The van der Waals surface area contributed by atoms with E-state index in [-0.39, 0.29) is 5.91 Å². The highest BCUT2D eigenvalue weighted by molar-refractivity contribution is 5.91. The second kappa shape index (κ2) is 12.1. The highest BCUT2D eigenvalue weighted by Crippen LogP contribution is 2.20. The maximum absolute atomic E-state index is 12.9. The maximum atomic E-state index is 12.9. The summed E-state index contributed by atoms with van der Waals surface area (Å²) >= 11 is 0. The Morgan fingerprint density at radius 1 is 0.844 bits per heavy atom. The maximum Gasteiger partial charge on any atom is 0.289 e. The van der Waals surface area contributed by atoms with E-state index in [2.05, 4.69) is 55.1 Å². The molecule has 5 heteroatoms. The van der Waals surface area contributed by atoms with Crippen LogP contribution in [0, 0.1) is 0 Å². The molecule has 0 fully saturated rings. The summed E-state index contributed by atoms with van der Waals surface area (Å²) < 4.78 is 11.4. The molecule has 0 saturated carbocycles. The number of methoxy groups -OCH3 is 1. The molecule has 0 saturated heterocycles. The number of nitrogens with zero attached hydrogens (tertiary/aromatic N) is 2. The summed E-state index contributed by atoms with van der Waals surface area (Å²) in [5, 5.41) is 0. The first kappa shape index (κ1) is 23.6. The summed E-state index contributed by atoms with van der Waals surface area (Å²) in [7, 11) is 1.68. The third kappa shape index (κ3) is 6.72. The van der Waals surface area contributed by atoms with Crippen LogP contribution >= 0.6 is 0 Å². The number of carbonyl (C=O) groups is 1. The Hall–Kier alpha value is -3.05. The smallest absolute Gasteiger partial charge is 0.289 e. The highest BCUT2D eigenvalue weighted by atomic mass is 16.5. The lowest BCUT2D eigenvalue weighted by Crippen LogP contribution is -2.32. The van der Waals surface area contributed by atoms with Crippen molar-refractivity contribution in [2.45, 2.75) is 46.3 Å². The van der Waals surface area contributed by atoms with Crippen molar-refractivity contribution in [3.8, 4) is 5.75 Å². The molecule has 0 aliphatic heterocycles. The Bertz CT molecular complexity index is 962. The van der Waals surface area contributed by atoms with Crippen molar-refractivity contribution in [1.29, 1.82) is 0 Å². The quantitative estimate of drug-likeness (QED) is 0.364. The summed E-state index contributed by atoms with van der Waals surface area (Å²) in [6.45, 7) is 7.80. The second-order valence-corrected chi connectivity index (χ2v) is 8.04. The summed E-state index contributed by atoms with van der Waals surface area (Å²) in [6.07, 6.45) is 1.87. The Morgan fingerprint density at radius 2 is 1.53 bits per heavy atom. The van der Waals surface area contributed by atoms with Crippen LogP contribution in [0.4, 0.5) is 0 Å². The molecule has 1 heterocycles. The zero-order valence-electron chi connectivity index (χ0n) is 19.4. The molecule has 5 nitrogen and oxygen atoms in total. The van der Waals surface area contributed by atoms with Crippen molar-refractivity contribution < 1.29 is 13.9 Å². The number of hydrogen-bond donors (Lipinski definition) is 0. The van der Waals surface area contributed by atoms with Crippen LogP contribution < -0.4 is 4.74 Å². The zero-order valence-corrected chi connectivity index (χ0v) is 19.4. The first-order valence-electron chi connectivity index (χ1n) is 11.4. The molecule has 3 rings (SSSR count). The van der Waals surface area contributed by atoms with Crippen molar-refractivity contribution in [3.63, 3.8) is 0 Å². The second-order valence-electron chi connectivity index (χ2n) is 8.04. The van der Waals surface area contributed by atoms with Crippen LogP contribution in [0.1, 0.15) is 54.1 Å². The molecule has 1 amide bonds. The van der Waals surface area contributed by atoms with Gasteiger partial charge in [-0.2, -0.15) is 0 Å². The summed E-state index contributed by atoms with van der Waals surface area (Å²) in [5.74, 6) is 2.03. The van der Waals surface area contributed by atoms with Gasteiger partial charge in [0, 0.05) is 26.2 Å². The molecule has 0 N–H and O–H groups in total. The molecule has 2 aromatic carbocycles. The number of rotatable bonds is 12. The molecule has 0 radical (unpaired) electrons. The van der Waals surface area contributed by atoms with E-state index in [1.54, 1.807) is 7.11 Å². The van der Waals surface area contributed by atoms with E-state index in [1.165, 1.54) is 11.1 Å². The Balaban J connectivity index is 1.76.